The molecule has 0 aromatic heterocycles. The predicted molar refractivity (Wildman–Crippen MR) is 103 cm³/mol. The topological polar surface area (TPSA) is 56.2 Å². The number of fused-ring (bicyclic) bond motifs is 1. The zero-order chi connectivity index (χ0) is 22.5. The second-order valence-corrected chi connectivity index (χ2v) is 7.88. The van der Waals surface area contributed by atoms with Gasteiger partial charge >= 0.3 is 0 Å². The Hall–Kier alpha value is -2.42. The van der Waals surface area contributed by atoms with Gasteiger partial charge in [-0.05, 0) is 25.5 Å². The molecule has 162 valence electrons. The van der Waals surface area contributed by atoms with Gasteiger partial charge in [-0.25, -0.2) is 17.6 Å². The second kappa shape index (κ2) is 7.68. The third kappa shape index (κ3) is 3.29. The Morgan fingerprint density at radius 3 is 2.40 bits per heavy atom. The van der Waals surface area contributed by atoms with Crippen molar-refractivity contribution >= 4 is 28.8 Å². The summed E-state index contributed by atoms with van der Waals surface area (Å²) in [7, 11) is 1.08. The highest BCUT2D eigenvalue weighted by Gasteiger charge is 2.62. The number of halogens is 6. The Bertz CT molecular complexity index is 972. The molecule has 1 aromatic rings. The summed E-state index contributed by atoms with van der Waals surface area (Å²) >= 11 is 6.49. The number of alkyl halides is 2. The molecular weight excluding hydrogens is 429 g/mol. The van der Waals surface area contributed by atoms with Crippen LogP contribution in [0.2, 0.25) is 0 Å². The van der Waals surface area contributed by atoms with E-state index in [1.807, 2.05) is 5.32 Å². The summed E-state index contributed by atoms with van der Waals surface area (Å²) in [6.45, 7) is 3.10. The molecule has 10 heteroatoms. The normalized spacial score (nSPS) is 26.4. The molecule has 0 bridgehead atoms. The number of hydrogen-bond donors (Lipinski definition) is 2. The first kappa shape index (κ1) is 22.3. The molecule has 1 amide bonds. The fourth-order valence-electron chi connectivity index (χ4n) is 3.97. The highest BCUT2D eigenvalue weighted by molar-refractivity contribution is 6.34. The Morgan fingerprint density at radius 1 is 1.33 bits per heavy atom. The molecule has 3 unspecified atom stereocenters. The smallest absolute Gasteiger partial charge is 0.280 e. The molecule has 0 radical (unpaired) electrons. The first-order valence-electron chi connectivity index (χ1n) is 9.09. The Balaban J connectivity index is 2.15. The van der Waals surface area contributed by atoms with Gasteiger partial charge in [-0.2, -0.15) is 4.39 Å². The van der Waals surface area contributed by atoms with Crippen LogP contribution >= 0.6 is 11.6 Å². The van der Waals surface area contributed by atoms with Crippen molar-refractivity contribution in [2.24, 2.45) is 5.41 Å². The lowest BCUT2D eigenvalue weighted by atomic mass is 9.87. The van der Waals surface area contributed by atoms with E-state index in [0.29, 0.717) is 6.42 Å². The van der Waals surface area contributed by atoms with E-state index in [0.717, 1.165) is 24.1 Å². The zero-order valence-electron chi connectivity index (χ0n) is 16.3. The number of amides is 1. The maximum Gasteiger partial charge on any atom is 0.280 e. The number of carbonyl (C=O) groups excluding carboxylic acids is 1. The molecule has 1 aliphatic heterocycles. The molecule has 2 aliphatic rings. The average molecular weight is 448 g/mol. The maximum absolute atomic E-state index is 14.5. The maximum atomic E-state index is 14.5. The van der Waals surface area contributed by atoms with Crippen LogP contribution in [-0.2, 0) is 4.79 Å². The van der Waals surface area contributed by atoms with Gasteiger partial charge in [0.15, 0.2) is 0 Å². The first-order chi connectivity index (χ1) is 14.0. The molecular formula is C20H19ClF5N3O. The Morgan fingerprint density at radius 2 is 1.90 bits per heavy atom. The van der Waals surface area contributed by atoms with Crippen molar-refractivity contribution in [2.45, 2.75) is 38.8 Å². The molecule has 0 spiro atoms. The summed E-state index contributed by atoms with van der Waals surface area (Å²) in [6, 6.07) is 1.61. The highest BCUT2D eigenvalue weighted by atomic mass is 35.5. The molecule has 1 saturated carbocycles. The molecule has 4 nitrogen and oxygen atoms in total. The van der Waals surface area contributed by atoms with Crippen molar-refractivity contribution in [3.8, 4) is 0 Å². The van der Waals surface area contributed by atoms with Crippen molar-refractivity contribution in [1.29, 1.82) is 5.41 Å². The molecule has 1 aliphatic carbocycles. The first-order valence-corrected chi connectivity index (χ1v) is 9.46. The van der Waals surface area contributed by atoms with Crippen LogP contribution in [0.4, 0.5) is 22.0 Å². The summed E-state index contributed by atoms with van der Waals surface area (Å²) in [4.78, 5) is 14.2. The quantitative estimate of drug-likeness (QED) is 0.300. The van der Waals surface area contributed by atoms with E-state index >= 15 is 0 Å². The lowest BCUT2D eigenvalue weighted by molar-refractivity contribution is -0.129. The van der Waals surface area contributed by atoms with Gasteiger partial charge < -0.3 is 10.2 Å². The van der Waals surface area contributed by atoms with Crippen LogP contribution in [0.15, 0.2) is 34.8 Å². The van der Waals surface area contributed by atoms with E-state index in [1.54, 1.807) is 6.92 Å². The number of rotatable bonds is 5. The molecule has 1 aromatic carbocycles. The highest BCUT2D eigenvalue weighted by Crippen LogP contribution is 2.62. The van der Waals surface area contributed by atoms with Crippen LogP contribution in [0.25, 0.3) is 5.57 Å². The number of carbonyl (C=O) groups is 1. The van der Waals surface area contributed by atoms with Crippen LogP contribution in [-0.4, -0.2) is 42.1 Å². The van der Waals surface area contributed by atoms with Crippen LogP contribution in [0.5, 0.6) is 0 Å². The van der Waals surface area contributed by atoms with Gasteiger partial charge in [0.25, 0.3) is 12.3 Å². The van der Waals surface area contributed by atoms with Gasteiger partial charge in [0.2, 0.25) is 5.95 Å². The van der Waals surface area contributed by atoms with E-state index in [-0.39, 0.29) is 10.6 Å². The number of hydrogen-bond acceptors (Lipinski definition) is 3. The van der Waals surface area contributed by atoms with Gasteiger partial charge in [-0.1, -0.05) is 24.6 Å². The predicted octanol–water partition coefficient (Wildman–Crippen LogP) is 4.61. The minimum Gasteiger partial charge on any atom is -0.364 e. The van der Waals surface area contributed by atoms with Crippen LogP contribution < -0.4 is 5.32 Å². The van der Waals surface area contributed by atoms with E-state index in [1.165, 1.54) is 13.0 Å². The fourth-order valence-corrected chi connectivity index (χ4v) is 4.42. The lowest BCUT2D eigenvalue weighted by Crippen LogP contribution is -2.48. The Kier molecular flexibility index (Phi) is 5.70. The van der Waals surface area contributed by atoms with Gasteiger partial charge in [-0.15, -0.1) is 0 Å². The van der Waals surface area contributed by atoms with Gasteiger partial charge in [0.1, 0.15) is 22.9 Å². The number of nitrogens with one attached hydrogen (secondary N) is 2. The van der Waals surface area contributed by atoms with Crippen molar-refractivity contribution < 1.29 is 26.7 Å². The fraction of sp³-hybridized carbons (Fsp3) is 0.400. The van der Waals surface area contributed by atoms with Gasteiger partial charge in [0.05, 0.1) is 11.6 Å². The summed E-state index contributed by atoms with van der Waals surface area (Å²) in [6.07, 6.45) is -3.09. The largest absolute Gasteiger partial charge is 0.364 e. The van der Waals surface area contributed by atoms with Gasteiger partial charge in [0, 0.05) is 29.1 Å². The van der Waals surface area contributed by atoms with E-state index in [2.05, 4.69) is 0 Å². The third-order valence-corrected chi connectivity index (χ3v) is 6.34. The Labute approximate surface area is 174 Å². The lowest BCUT2D eigenvalue weighted by Gasteiger charge is -2.39. The van der Waals surface area contributed by atoms with Crippen molar-refractivity contribution in [2.75, 3.05) is 7.05 Å². The molecule has 1 fully saturated rings. The standard InChI is InChI=1S/C20H19ClF5N3O/c1-8-12(13-9(22)5-4-6-10(13)23)16(21)20(2)7-11(20)29(8)19(30)14(18(26)28-3)15(27)17(24)25/h4-6,8,11,17,27-28H,7H2,1-3H3/b18-14+,27-15?. The number of nitrogens with zero attached hydrogens (tertiary/aromatic N) is 1. The summed E-state index contributed by atoms with van der Waals surface area (Å²) in [5.41, 5.74) is -3.91. The van der Waals surface area contributed by atoms with E-state index in [4.69, 9.17) is 17.0 Å². The summed E-state index contributed by atoms with van der Waals surface area (Å²) in [5, 5.41) is 9.65. The van der Waals surface area contributed by atoms with Gasteiger partial charge in [-0.3, -0.25) is 10.2 Å². The molecule has 2 N–H and O–H groups in total. The van der Waals surface area contributed by atoms with Crippen LogP contribution in [0, 0.1) is 22.5 Å². The van der Waals surface area contributed by atoms with Crippen LogP contribution in [0.3, 0.4) is 0 Å². The summed E-state index contributed by atoms with van der Waals surface area (Å²) < 4.78 is 69.6. The van der Waals surface area contributed by atoms with Crippen molar-refractivity contribution in [3.63, 3.8) is 0 Å². The zero-order valence-corrected chi connectivity index (χ0v) is 17.1. The molecule has 3 rings (SSSR count). The minimum atomic E-state index is -3.39. The molecule has 0 saturated heterocycles. The van der Waals surface area contributed by atoms with E-state index < -0.39 is 64.3 Å². The second-order valence-electron chi connectivity index (χ2n) is 7.50. The van der Waals surface area contributed by atoms with Crippen molar-refractivity contribution in [3.05, 3.63) is 52.0 Å². The minimum absolute atomic E-state index is 0.00957. The number of benzene rings is 1. The monoisotopic (exact) mass is 447 g/mol. The SMILES string of the molecule is CN/C(F)=C(\C(=N)C(F)F)C(=O)N1C(C)C(c2c(F)cccc2F)=C(Cl)C2(C)CC12. The molecule has 30 heavy (non-hydrogen) atoms. The van der Waals surface area contributed by atoms with Crippen LogP contribution in [0.1, 0.15) is 25.8 Å². The third-order valence-electron chi connectivity index (χ3n) is 5.71. The molecule has 1 heterocycles. The van der Waals surface area contributed by atoms with Crippen molar-refractivity contribution in [1.82, 2.24) is 10.2 Å². The molecule has 3 atom stereocenters. The average Bonchev–Trinajstić information content (AvgIpc) is 3.36. The van der Waals surface area contributed by atoms with E-state index in [9.17, 15) is 26.7 Å². The summed E-state index contributed by atoms with van der Waals surface area (Å²) in [5.74, 6) is -4.36.